The number of nitrogens with one attached hydrogen (secondary N) is 1. The zero-order valence-electron chi connectivity index (χ0n) is 12.1. The minimum absolute atomic E-state index is 0.0284. The van der Waals surface area contributed by atoms with Gasteiger partial charge >= 0.3 is 0 Å². The van der Waals surface area contributed by atoms with Crippen molar-refractivity contribution in [1.82, 2.24) is 15.1 Å². The number of para-hydroxylation sites is 1. The quantitative estimate of drug-likeness (QED) is 0.834. The lowest BCUT2D eigenvalue weighted by Gasteiger charge is -2.09. The van der Waals surface area contributed by atoms with E-state index in [0.29, 0.717) is 18.8 Å². The van der Waals surface area contributed by atoms with Crippen LogP contribution < -0.4 is 10.1 Å². The second-order valence-corrected chi connectivity index (χ2v) is 4.91. The Bertz CT molecular complexity index is 611. The number of nitrogens with zero attached hydrogens (tertiary/aromatic N) is 2. The van der Waals surface area contributed by atoms with Gasteiger partial charge in [-0.25, -0.2) is 4.68 Å². The topological polar surface area (TPSA) is 56.1 Å². The third-order valence-electron chi connectivity index (χ3n) is 3.07. The molecule has 1 amide bonds. The summed E-state index contributed by atoms with van der Waals surface area (Å²) >= 11 is 5.45. The third-order valence-corrected chi connectivity index (χ3v) is 3.31. The third kappa shape index (κ3) is 3.98. The lowest BCUT2D eigenvalue weighted by molar-refractivity contribution is -0.118. The fourth-order valence-corrected chi connectivity index (χ4v) is 2.17. The zero-order chi connectivity index (χ0) is 15.2. The van der Waals surface area contributed by atoms with Crippen molar-refractivity contribution in [3.63, 3.8) is 0 Å². The Labute approximate surface area is 128 Å². The maximum atomic E-state index is 11.2. The standard InChI is InChI=1S/C15H18ClN3O2/c1-11-13(8-9-17-14(20)10-16)15(19(2)18-11)21-12-6-4-3-5-7-12/h3-7H,8-10H2,1-2H3,(H,17,20). The van der Waals surface area contributed by atoms with E-state index in [-0.39, 0.29) is 11.8 Å². The molecule has 112 valence electrons. The van der Waals surface area contributed by atoms with E-state index in [0.717, 1.165) is 17.0 Å². The fourth-order valence-electron chi connectivity index (χ4n) is 2.07. The number of hydrogen-bond donors (Lipinski definition) is 1. The molecular formula is C15H18ClN3O2. The first-order chi connectivity index (χ1) is 10.1. The van der Waals surface area contributed by atoms with Gasteiger partial charge in [0, 0.05) is 19.2 Å². The van der Waals surface area contributed by atoms with Gasteiger partial charge in [-0.1, -0.05) is 18.2 Å². The number of amides is 1. The molecule has 0 bridgehead atoms. The second kappa shape index (κ2) is 7.13. The maximum Gasteiger partial charge on any atom is 0.234 e. The van der Waals surface area contributed by atoms with Gasteiger partial charge in [0.2, 0.25) is 11.8 Å². The Balaban J connectivity index is 2.12. The average Bonchev–Trinajstić information content (AvgIpc) is 2.75. The summed E-state index contributed by atoms with van der Waals surface area (Å²) in [5, 5.41) is 7.12. The molecule has 1 N–H and O–H groups in total. The Morgan fingerprint density at radius 1 is 1.38 bits per heavy atom. The van der Waals surface area contributed by atoms with Crippen LogP contribution in [0.2, 0.25) is 0 Å². The normalized spacial score (nSPS) is 10.4. The molecule has 2 rings (SSSR count). The van der Waals surface area contributed by atoms with Gasteiger partial charge in [0.05, 0.1) is 5.69 Å². The van der Waals surface area contributed by atoms with Gasteiger partial charge in [-0.05, 0) is 25.5 Å². The van der Waals surface area contributed by atoms with Crippen LogP contribution in [-0.2, 0) is 18.3 Å². The number of ether oxygens (including phenoxy) is 1. The number of aryl methyl sites for hydroxylation is 2. The number of benzene rings is 1. The van der Waals surface area contributed by atoms with Crippen LogP contribution >= 0.6 is 11.6 Å². The number of aromatic nitrogens is 2. The van der Waals surface area contributed by atoms with Crippen LogP contribution in [0, 0.1) is 6.92 Å². The van der Waals surface area contributed by atoms with Gasteiger partial charge < -0.3 is 10.1 Å². The Kier molecular flexibility index (Phi) is 5.22. The molecule has 1 aromatic heterocycles. The maximum absolute atomic E-state index is 11.2. The summed E-state index contributed by atoms with van der Waals surface area (Å²) < 4.78 is 7.62. The van der Waals surface area contributed by atoms with Crippen LogP contribution in [0.5, 0.6) is 11.6 Å². The van der Waals surface area contributed by atoms with E-state index in [1.54, 1.807) is 4.68 Å². The predicted molar refractivity (Wildman–Crippen MR) is 81.9 cm³/mol. The molecule has 5 nitrogen and oxygen atoms in total. The van der Waals surface area contributed by atoms with Gasteiger partial charge in [-0.3, -0.25) is 4.79 Å². The summed E-state index contributed by atoms with van der Waals surface area (Å²) in [6.07, 6.45) is 0.643. The number of hydrogen-bond acceptors (Lipinski definition) is 3. The van der Waals surface area contributed by atoms with E-state index in [4.69, 9.17) is 16.3 Å². The molecule has 0 aliphatic rings. The number of alkyl halides is 1. The highest BCUT2D eigenvalue weighted by molar-refractivity contribution is 6.27. The lowest BCUT2D eigenvalue weighted by Crippen LogP contribution is -2.26. The molecular weight excluding hydrogens is 290 g/mol. The Morgan fingerprint density at radius 3 is 2.76 bits per heavy atom. The molecule has 0 spiro atoms. The Hall–Kier alpha value is -2.01. The summed E-state index contributed by atoms with van der Waals surface area (Å²) in [7, 11) is 1.84. The summed E-state index contributed by atoms with van der Waals surface area (Å²) in [5.41, 5.74) is 1.87. The molecule has 0 aliphatic carbocycles. The highest BCUT2D eigenvalue weighted by Crippen LogP contribution is 2.27. The first-order valence-corrected chi connectivity index (χ1v) is 7.23. The van der Waals surface area contributed by atoms with Gasteiger partial charge in [0.15, 0.2) is 0 Å². The monoisotopic (exact) mass is 307 g/mol. The van der Waals surface area contributed by atoms with Crippen LogP contribution in [-0.4, -0.2) is 28.1 Å². The summed E-state index contributed by atoms with van der Waals surface area (Å²) in [5.74, 6) is 1.24. The molecule has 0 radical (unpaired) electrons. The van der Waals surface area contributed by atoms with Crippen LogP contribution in [0.15, 0.2) is 30.3 Å². The van der Waals surface area contributed by atoms with E-state index in [1.165, 1.54) is 0 Å². The van der Waals surface area contributed by atoms with E-state index >= 15 is 0 Å². The molecule has 0 unspecified atom stereocenters. The molecule has 0 saturated carbocycles. The van der Waals surface area contributed by atoms with Crippen LogP contribution in [0.25, 0.3) is 0 Å². The second-order valence-electron chi connectivity index (χ2n) is 4.64. The van der Waals surface area contributed by atoms with E-state index < -0.39 is 0 Å². The largest absolute Gasteiger partial charge is 0.439 e. The van der Waals surface area contributed by atoms with E-state index in [9.17, 15) is 4.79 Å². The minimum atomic E-state index is -0.177. The molecule has 21 heavy (non-hydrogen) atoms. The molecule has 2 aromatic rings. The molecule has 0 atom stereocenters. The van der Waals surface area contributed by atoms with Crippen molar-refractivity contribution in [1.29, 1.82) is 0 Å². The van der Waals surface area contributed by atoms with Crippen LogP contribution in [0.4, 0.5) is 0 Å². The number of halogens is 1. The summed E-state index contributed by atoms with van der Waals surface area (Å²) in [6.45, 7) is 2.43. The SMILES string of the molecule is Cc1nn(C)c(Oc2ccccc2)c1CCNC(=O)CCl. The predicted octanol–water partition coefficient (Wildman–Crippen LogP) is 2.42. The number of carbonyl (C=O) groups is 1. The Morgan fingerprint density at radius 2 is 2.10 bits per heavy atom. The first kappa shape index (κ1) is 15.4. The fraction of sp³-hybridized carbons (Fsp3) is 0.333. The van der Waals surface area contributed by atoms with Gasteiger partial charge in [-0.2, -0.15) is 5.10 Å². The smallest absolute Gasteiger partial charge is 0.234 e. The van der Waals surface area contributed by atoms with Gasteiger partial charge in [0.1, 0.15) is 11.6 Å². The van der Waals surface area contributed by atoms with Crippen molar-refractivity contribution in [3.8, 4) is 11.6 Å². The van der Waals surface area contributed by atoms with Crippen molar-refractivity contribution in [2.75, 3.05) is 12.4 Å². The number of rotatable bonds is 6. The summed E-state index contributed by atoms with van der Waals surface area (Å²) in [4.78, 5) is 11.2. The van der Waals surface area contributed by atoms with Gasteiger partial charge in [0.25, 0.3) is 0 Å². The highest BCUT2D eigenvalue weighted by atomic mass is 35.5. The molecule has 1 heterocycles. The van der Waals surface area contributed by atoms with Gasteiger partial charge in [-0.15, -0.1) is 11.6 Å². The molecule has 1 aromatic carbocycles. The van der Waals surface area contributed by atoms with Crippen molar-refractivity contribution in [2.24, 2.45) is 7.05 Å². The van der Waals surface area contributed by atoms with Crippen LogP contribution in [0.3, 0.4) is 0 Å². The van der Waals surface area contributed by atoms with Crippen molar-refractivity contribution >= 4 is 17.5 Å². The van der Waals surface area contributed by atoms with Crippen molar-refractivity contribution in [3.05, 3.63) is 41.6 Å². The summed E-state index contributed by atoms with van der Waals surface area (Å²) in [6, 6.07) is 9.55. The molecule has 0 aliphatic heterocycles. The first-order valence-electron chi connectivity index (χ1n) is 6.70. The van der Waals surface area contributed by atoms with Crippen molar-refractivity contribution < 1.29 is 9.53 Å². The lowest BCUT2D eigenvalue weighted by atomic mass is 10.2. The zero-order valence-corrected chi connectivity index (χ0v) is 12.9. The molecule has 0 fully saturated rings. The molecule has 6 heteroatoms. The van der Waals surface area contributed by atoms with Crippen LogP contribution in [0.1, 0.15) is 11.3 Å². The highest BCUT2D eigenvalue weighted by Gasteiger charge is 2.15. The minimum Gasteiger partial charge on any atom is -0.439 e. The number of carbonyl (C=O) groups excluding carboxylic acids is 1. The molecule has 0 saturated heterocycles. The average molecular weight is 308 g/mol. The van der Waals surface area contributed by atoms with E-state index in [1.807, 2.05) is 44.3 Å². The van der Waals surface area contributed by atoms with E-state index in [2.05, 4.69) is 10.4 Å². The van der Waals surface area contributed by atoms with Crippen molar-refractivity contribution in [2.45, 2.75) is 13.3 Å².